The molecule has 0 aliphatic carbocycles. The molecule has 0 saturated carbocycles. The number of oxazole rings is 1. The molecule has 0 atom stereocenters. The first-order valence-corrected chi connectivity index (χ1v) is 5.88. The maximum Gasteiger partial charge on any atom is 0.227 e. The highest BCUT2D eigenvalue weighted by molar-refractivity contribution is 5.80. The van der Waals surface area contributed by atoms with Gasteiger partial charge in [-0.25, -0.2) is 4.98 Å². The summed E-state index contributed by atoms with van der Waals surface area (Å²) in [6, 6.07) is 11.7. The molecular weight excluding hydrogens is 224 g/mol. The Morgan fingerprint density at radius 1 is 1.06 bits per heavy atom. The second-order valence-electron chi connectivity index (χ2n) is 4.51. The Morgan fingerprint density at radius 3 is 2.50 bits per heavy atom. The van der Waals surface area contributed by atoms with Crippen molar-refractivity contribution in [1.29, 1.82) is 0 Å². The van der Waals surface area contributed by atoms with Gasteiger partial charge in [-0.3, -0.25) is 0 Å². The van der Waals surface area contributed by atoms with Crippen LogP contribution in [0.3, 0.4) is 0 Å². The van der Waals surface area contributed by atoms with Crippen LogP contribution in [-0.2, 0) is 0 Å². The normalized spacial score (nSPS) is 11.0. The van der Waals surface area contributed by atoms with Crippen LogP contribution in [0.5, 0.6) is 0 Å². The van der Waals surface area contributed by atoms with Crippen molar-refractivity contribution in [3.63, 3.8) is 0 Å². The smallest absolute Gasteiger partial charge is 0.227 e. The predicted molar refractivity (Wildman–Crippen MR) is 73.3 cm³/mol. The Labute approximate surface area is 105 Å². The van der Waals surface area contributed by atoms with Crippen molar-refractivity contribution < 1.29 is 4.42 Å². The van der Waals surface area contributed by atoms with Gasteiger partial charge in [0, 0.05) is 17.3 Å². The highest BCUT2D eigenvalue weighted by Crippen LogP contribution is 2.30. The molecule has 0 bridgehead atoms. The van der Waals surface area contributed by atoms with Crippen molar-refractivity contribution in [2.24, 2.45) is 0 Å². The van der Waals surface area contributed by atoms with Crippen LogP contribution in [0.4, 0.5) is 5.69 Å². The molecule has 0 unspecified atom stereocenters. The maximum absolute atomic E-state index is 5.81. The van der Waals surface area contributed by atoms with Gasteiger partial charge in [0.2, 0.25) is 5.89 Å². The Hall–Kier alpha value is -2.29. The zero-order valence-corrected chi connectivity index (χ0v) is 10.4. The van der Waals surface area contributed by atoms with Crippen molar-refractivity contribution in [3.05, 3.63) is 47.5 Å². The van der Waals surface area contributed by atoms with E-state index in [0.29, 0.717) is 11.6 Å². The zero-order chi connectivity index (χ0) is 12.7. The summed E-state index contributed by atoms with van der Waals surface area (Å²) < 4.78 is 5.81. The van der Waals surface area contributed by atoms with Crippen molar-refractivity contribution in [2.45, 2.75) is 13.8 Å². The van der Waals surface area contributed by atoms with Crippen LogP contribution in [0.15, 0.2) is 40.8 Å². The minimum Gasteiger partial charge on any atom is -0.436 e. The lowest BCUT2D eigenvalue weighted by molar-refractivity contribution is 0.619. The molecule has 1 aromatic heterocycles. The third-order valence-electron chi connectivity index (χ3n) is 3.11. The number of nitrogens with zero attached hydrogens (tertiary/aromatic N) is 1. The van der Waals surface area contributed by atoms with Gasteiger partial charge in [-0.05, 0) is 37.1 Å². The van der Waals surface area contributed by atoms with Gasteiger partial charge in [0.1, 0.15) is 5.52 Å². The second-order valence-corrected chi connectivity index (χ2v) is 4.51. The van der Waals surface area contributed by atoms with Gasteiger partial charge in [-0.1, -0.05) is 18.2 Å². The van der Waals surface area contributed by atoms with Gasteiger partial charge in [-0.2, -0.15) is 0 Å². The number of aromatic nitrogens is 1. The van der Waals surface area contributed by atoms with Crippen LogP contribution in [0, 0.1) is 13.8 Å². The van der Waals surface area contributed by atoms with Crippen LogP contribution in [0.2, 0.25) is 0 Å². The molecule has 0 spiro atoms. The molecule has 0 radical (unpaired) electrons. The largest absolute Gasteiger partial charge is 0.436 e. The van der Waals surface area contributed by atoms with Crippen LogP contribution < -0.4 is 5.73 Å². The predicted octanol–water partition coefficient (Wildman–Crippen LogP) is 3.69. The summed E-state index contributed by atoms with van der Waals surface area (Å²) in [6.07, 6.45) is 0. The monoisotopic (exact) mass is 238 g/mol. The number of aryl methyl sites for hydroxylation is 2. The van der Waals surface area contributed by atoms with E-state index < -0.39 is 0 Å². The molecule has 18 heavy (non-hydrogen) atoms. The third kappa shape index (κ3) is 1.64. The fourth-order valence-electron chi connectivity index (χ4n) is 2.20. The number of hydrogen-bond acceptors (Lipinski definition) is 3. The first-order valence-electron chi connectivity index (χ1n) is 5.88. The van der Waals surface area contributed by atoms with E-state index in [0.717, 1.165) is 27.8 Å². The number of hydrogen-bond donors (Lipinski definition) is 1. The first kappa shape index (κ1) is 10.8. The molecule has 0 fully saturated rings. The number of rotatable bonds is 1. The first-order chi connectivity index (χ1) is 8.65. The van der Waals surface area contributed by atoms with Gasteiger partial charge in [-0.15, -0.1) is 0 Å². The summed E-state index contributed by atoms with van der Waals surface area (Å²) in [6.45, 7) is 4.12. The molecule has 3 aromatic rings. The molecule has 2 aromatic carbocycles. The second kappa shape index (κ2) is 3.88. The van der Waals surface area contributed by atoms with Gasteiger partial charge >= 0.3 is 0 Å². The van der Waals surface area contributed by atoms with E-state index in [2.05, 4.69) is 31.0 Å². The van der Waals surface area contributed by atoms with E-state index in [4.69, 9.17) is 10.2 Å². The summed E-state index contributed by atoms with van der Waals surface area (Å²) in [4.78, 5) is 4.52. The van der Waals surface area contributed by atoms with Crippen molar-refractivity contribution in [1.82, 2.24) is 4.98 Å². The van der Waals surface area contributed by atoms with E-state index in [1.807, 2.05) is 18.2 Å². The zero-order valence-electron chi connectivity index (χ0n) is 10.4. The van der Waals surface area contributed by atoms with E-state index in [-0.39, 0.29) is 0 Å². The number of anilines is 1. The summed E-state index contributed by atoms with van der Waals surface area (Å²) in [5.74, 6) is 0.659. The Kier molecular flexibility index (Phi) is 2.33. The standard InChI is InChI=1S/C15H14N2O/c1-9-4-3-5-10(2)14(9)15-17-12-7-6-11(16)8-13(12)18-15/h3-8H,16H2,1-2H3. The molecule has 0 aliphatic heterocycles. The summed E-state index contributed by atoms with van der Waals surface area (Å²) in [5, 5.41) is 0. The average molecular weight is 238 g/mol. The molecule has 1 heterocycles. The molecule has 0 saturated heterocycles. The lowest BCUT2D eigenvalue weighted by Crippen LogP contribution is -1.87. The highest BCUT2D eigenvalue weighted by atomic mass is 16.3. The Balaban J connectivity index is 2.26. The topological polar surface area (TPSA) is 52.0 Å². The highest BCUT2D eigenvalue weighted by Gasteiger charge is 2.12. The van der Waals surface area contributed by atoms with Crippen LogP contribution in [0.1, 0.15) is 11.1 Å². The van der Waals surface area contributed by atoms with Crippen molar-refractivity contribution >= 4 is 16.8 Å². The Bertz CT molecular complexity index is 708. The molecular formula is C15H14N2O. The fraction of sp³-hybridized carbons (Fsp3) is 0.133. The van der Waals surface area contributed by atoms with Gasteiger partial charge in [0.15, 0.2) is 5.58 Å². The van der Waals surface area contributed by atoms with Gasteiger partial charge < -0.3 is 10.2 Å². The van der Waals surface area contributed by atoms with Gasteiger partial charge in [0.05, 0.1) is 0 Å². The summed E-state index contributed by atoms with van der Waals surface area (Å²) >= 11 is 0. The molecule has 3 heteroatoms. The number of fused-ring (bicyclic) bond motifs is 1. The van der Waals surface area contributed by atoms with Crippen LogP contribution in [0.25, 0.3) is 22.6 Å². The number of nitrogen functional groups attached to an aromatic ring is 1. The minimum absolute atomic E-state index is 0.659. The maximum atomic E-state index is 5.81. The molecule has 3 nitrogen and oxygen atoms in total. The summed E-state index contributed by atoms with van der Waals surface area (Å²) in [7, 11) is 0. The van der Waals surface area contributed by atoms with E-state index in [1.54, 1.807) is 6.07 Å². The molecule has 2 N–H and O–H groups in total. The molecule has 0 aliphatic rings. The van der Waals surface area contributed by atoms with E-state index >= 15 is 0 Å². The quantitative estimate of drug-likeness (QED) is 0.658. The molecule has 3 rings (SSSR count). The van der Waals surface area contributed by atoms with Crippen LogP contribution >= 0.6 is 0 Å². The van der Waals surface area contributed by atoms with Gasteiger partial charge in [0.25, 0.3) is 0 Å². The lowest BCUT2D eigenvalue weighted by Gasteiger charge is -2.04. The minimum atomic E-state index is 0.659. The van der Waals surface area contributed by atoms with E-state index in [9.17, 15) is 0 Å². The van der Waals surface area contributed by atoms with E-state index in [1.165, 1.54) is 0 Å². The molecule has 90 valence electrons. The number of nitrogens with two attached hydrogens (primary N) is 1. The SMILES string of the molecule is Cc1cccc(C)c1-c1nc2ccc(N)cc2o1. The molecule has 0 amide bonds. The van der Waals surface area contributed by atoms with Crippen molar-refractivity contribution in [2.75, 3.05) is 5.73 Å². The number of benzene rings is 2. The fourth-order valence-corrected chi connectivity index (χ4v) is 2.20. The lowest BCUT2D eigenvalue weighted by atomic mass is 10.0. The van der Waals surface area contributed by atoms with Crippen LogP contribution in [-0.4, -0.2) is 4.98 Å². The summed E-state index contributed by atoms with van der Waals surface area (Å²) in [5.41, 5.74) is 11.4. The van der Waals surface area contributed by atoms with Crippen molar-refractivity contribution in [3.8, 4) is 11.5 Å². The third-order valence-corrected chi connectivity index (χ3v) is 3.11. The average Bonchev–Trinajstić information content (AvgIpc) is 2.71. The Morgan fingerprint density at radius 2 is 1.78 bits per heavy atom.